The Morgan fingerprint density at radius 3 is 1.61 bits per heavy atom. The fraction of sp³-hybridized carbons (Fsp3) is 0.917. The highest BCUT2D eigenvalue weighted by molar-refractivity contribution is 7.80. The highest BCUT2D eigenvalue weighted by Crippen LogP contribution is 2.11. The van der Waals surface area contributed by atoms with Crippen molar-refractivity contribution in [2.45, 2.75) is 117 Å². The summed E-state index contributed by atoms with van der Waals surface area (Å²) in [6.07, 6.45) is 24.5. The van der Waals surface area contributed by atoms with Gasteiger partial charge >= 0.3 is 10.4 Å². The molecule has 0 saturated carbocycles. The highest BCUT2D eigenvalue weighted by atomic mass is 32.3. The molecule has 186 valence electrons. The first kappa shape index (κ1) is 30.2. The Kier molecular flexibility index (Phi) is 20.5. The van der Waals surface area contributed by atoms with E-state index in [2.05, 4.69) is 47.3 Å². The second-order valence-corrected chi connectivity index (χ2v) is 9.80. The molecule has 0 amide bonds. The van der Waals surface area contributed by atoms with Crippen LogP contribution in [0.4, 0.5) is 0 Å². The molecule has 1 heterocycles. The molecule has 0 spiro atoms. The Morgan fingerprint density at radius 2 is 1.19 bits per heavy atom. The van der Waals surface area contributed by atoms with Crippen LogP contribution in [0.2, 0.25) is 0 Å². The minimum atomic E-state index is -4.23. The van der Waals surface area contributed by atoms with Gasteiger partial charge < -0.3 is 9.80 Å². The van der Waals surface area contributed by atoms with Crippen molar-refractivity contribution in [2.75, 3.05) is 26.9 Å². The van der Waals surface area contributed by atoms with Crippen LogP contribution in [0.3, 0.4) is 0 Å². The largest absolute Gasteiger partial charge is 0.397 e. The molecular weight excluding hydrogens is 412 g/mol. The summed E-state index contributed by atoms with van der Waals surface area (Å²) in [7, 11) is -2.11. The molecule has 0 aromatic carbocycles. The molecule has 31 heavy (non-hydrogen) atoms. The Morgan fingerprint density at radius 1 is 0.742 bits per heavy atom. The van der Waals surface area contributed by atoms with E-state index in [1.807, 2.05) is 0 Å². The molecule has 1 aliphatic heterocycles. The Balaban J connectivity index is 0.000000590. The van der Waals surface area contributed by atoms with E-state index in [-0.39, 0.29) is 6.61 Å². The first-order valence-corrected chi connectivity index (χ1v) is 14.0. The second kappa shape index (κ2) is 21.1. The van der Waals surface area contributed by atoms with Crippen molar-refractivity contribution in [1.82, 2.24) is 9.80 Å². The molecule has 1 rings (SSSR count). The van der Waals surface area contributed by atoms with Gasteiger partial charge in [0.15, 0.2) is 0 Å². The smallest absolute Gasteiger partial charge is 0.362 e. The van der Waals surface area contributed by atoms with E-state index in [9.17, 15) is 8.42 Å². The molecule has 0 fully saturated rings. The van der Waals surface area contributed by atoms with Crippen molar-refractivity contribution in [1.29, 1.82) is 0 Å². The van der Waals surface area contributed by atoms with Gasteiger partial charge in [0.1, 0.15) is 0 Å². The number of rotatable bonds is 19. The summed E-state index contributed by atoms with van der Waals surface area (Å²) in [5, 5.41) is 0. The van der Waals surface area contributed by atoms with Gasteiger partial charge in [-0.15, -0.1) is 0 Å². The van der Waals surface area contributed by atoms with Crippen LogP contribution in [0.1, 0.15) is 117 Å². The zero-order valence-corrected chi connectivity index (χ0v) is 21.4. The molecule has 6 nitrogen and oxygen atoms in total. The standard InChI is InChI=1S/C12H24N2.C12H26O4S/c1-3-4-5-6-7-8-9-14-11-10-13(2)12-14;1-2-3-4-5-6-7-8-9-10-11-12-16-17(13,14)15/h10-11H,3-9,12H2,1-2H3;2-12H2,1H3,(H,13,14,15). The molecule has 0 unspecified atom stereocenters. The van der Waals surface area contributed by atoms with Gasteiger partial charge in [-0.05, 0) is 12.8 Å². The van der Waals surface area contributed by atoms with Gasteiger partial charge in [0.25, 0.3) is 0 Å². The Bertz CT molecular complexity index is 512. The predicted molar refractivity (Wildman–Crippen MR) is 131 cm³/mol. The summed E-state index contributed by atoms with van der Waals surface area (Å²) >= 11 is 0. The van der Waals surface area contributed by atoms with Crippen molar-refractivity contribution < 1.29 is 17.2 Å². The topological polar surface area (TPSA) is 70.1 Å². The third kappa shape index (κ3) is 23.7. The van der Waals surface area contributed by atoms with Crippen LogP contribution in [0.15, 0.2) is 12.4 Å². The number of hydrogen-bond donors (Lipinski definition) is 1. The minimum absolute atomic E-state index is 0.0926. The fourth-order valence-electron chi connectivity index (χ4n) is 3.58. The average molecular weight is 463 g/mol. The first-order chi connectivity index (χ1) is 14.9. The van der Waals surface area contributed by atoms with Gasteiger partial charge in [-0.3, -0.25) is 4.55 Å². The Hall–Kier alpha value is -0.790. The maximum atomic E-state index is 10.2. The van der Waals surface area contributed by atoms with Gasteiger partial charge in [-0.2, -0.15) is 8.42 Å². The third-order valence-electron chi connectivity index (χ3n) is 5.47. The van der Waals surface area contributed by atoms with Crippen molar-refractivity contribution in [3.8, 4) is 0 Å². The lowest BCUT2D eigenvalue weighted by molar-refractivity contribution is 0.261. The summed E-state index contributed by atoms with van der Waals surface area (Å²) in [6.45, 7) is 6.89. The predicted octanol–water partition coefficient (Wildman–Crippen LogP) is 6.75. The van der Waals surface area contributed by atoms with Gasteiger partial charge in [-0.25, -0.2) is 4.18 Å². The number of unbranched alkanes of at least 4 members (excludes halogenated alkanes) is 14. The fourth-order valence-corrected chi connectivity index (χ4v) is 3.91. The lowest BCUT2D eigenvalue weighted by atomic mass is 10.1. The molecular formula is C24H50N2O4S. The van der Waals surface area contributed by atoms with Crippen LogP contribution in [0, 0.1) is 0 Å². The van der Waals surface area contributed by atoms with E-state index in [1.165, 1.54) is 90.0 Å². The Labute approximate surface area is 193 Å². The molecule has 0 aromatic rings. The number of nitrogens with zero attached hydrogens (tertiary/aromatic N) is 2. The van der Waals surface area contributed by atoms with Gasteiger partial charge in [0.2, 0.25) is 0 Å². The second-order valence-electron chi connectivity index (χ2n) is 8.71. The molecule has 0 saturated heterocycles. The van der Waals surface area contributed by atoms with E-state index in [4.69, 9.17) is 4.55 Å². The van der Waals surface area contributed by atoms with Crippen LogP contribution < -0.4 is 0 Å². The van der Waals surface area contributed by atoms with Crippen LogP contribution >= 0.6 is 0 Å². The summed E-state index contributed by atoms with van der Waals surface area (Å²) in [4.78, 5) is 4.61. The third-order valence-corrected chi connectivity index (χ3v) is 5.93. The monoisotopic (exact) mass is 462 g/mol. The molecule has 0 aromatic heterocycles. The molecule has 1 aliphatic rings. The molecule has 7 heteroatoms. The molecule has 0 aliphatic carbocycles. The number of hydrogen-bond acceptors (Lipinski definition) is 5. The normalized spacial score (nSPS) is 13.5. The van der Waals surface area contributed by atoms with E-state index < -0.39 is 10.4 Å². The maximum Gasteiger partial charge on any atom is 0.397 e. The SMILES string of the molecule is CCCCCCCCCCCCOS(=O)(=O)O.CCCCCCCCN1C=CN(C)C1. The summed E-state index contributed by atoms with van der Waals surface area (Å²) in [6, 6.07) is 0. The first-order valence-electron chi connectivity index (χ1n) is 12.6. The molecule has 0 atom stereocenters. The van der Waals surface area contributed by atoms with E-state index in [0.717, 1.165) is 19.5 Å². The summed E-state index contributed by atoms with van der Waals surface area (Å²) < 4.78 is 33.0. The van der Waals surface area contributed by atoms with Gasteiger partial charge in [-0.1, -0.05) is 104 Å². The molecule has 0 radical (unpaired) electrons. The van der Waals surface area contributed by atoms with E-state index in [1.54, 1.807) is 0 Å². The zero-order valence-electron chi connectivity index (χ0n) is 20.6. The maximum absolute atomic E-state index is 10.2. The summed E-state index contributed by atoms with van der Waals surface area (Å²) in [5.74, 6) is 0. The van der Waals surface area contributed by atoms with Gasteiger partial charge in [0, 0.05) is 26.0 Å². The van der Waals surface area contributed by atoms with Crippen molar-refractivity contribution in [2.24, 2.45) is 0 Å². The molecule has 1 N–H and O–H groups in total. The minimum Gasteiger partial charge on any atom is -0.362 e. The van der Waals surface area contributed by atoms with Crippen molar-refractivity contribution in [3.05, 3.63) is 12.4 Å². The summed E-state index contributed by atoms with van der Waals surface area (Å²) in [5.41, 5.74) is 0. The van der Waals surface area contributed by atoms with Crippen molar-refractivity contribution >= 4 is 10.4 Å². The lowest BCUT2D eigenvalue weighted by Crippen LogP contribution is -2.23. The molecule has 0 bridgehead atoms. The van der Waals surface area contributed by atoms with Gasteiger partial charge in [0.05, 0.1) is 13.3 Å². The van der Waals surface area contributed by atoms with Crippen LogP contribution in [-0.4, -0.2) is 49.6 Å². The van der Waals surface area contributed by atoms with Crippen LogP contribution in [0.5, 0.6) is 0 Å². The average Bonchev–Trinajstić information content (AvgIpc) is 3.13. The quantitative estimate of drug-likeness (QED) is 0.169. The van der Waals surface area contributed by atoms with E-state index >= 15 is 0 Å². The van der Waals surface area contributed by atoms with Crippen molar-refractivity contribution in [3.63, 3.8) is 0 Å². The van der Waals surface area contributed by atoms with Crippen LogP contribution in [0.25, 0.3) is 0 Å². The zero-order chi connectivity index (χ0) is 23.2. The van der Waals surface area contributed by atoms with Crippen LogP contribution in [-0.2, 0) is 14.6 Å². The van der Waals surface area contributed by atoms with E-state index in [0.29, 0.717) is 6.42 Å². The lowest BCUT2D eigenvalue weighted by Gasteiger charge is -2.17. The highest BCUT2D eigenvalue weighted by Gasteiger charge is 2.06.